The molecule has 0 saturated heterocycles. The number of aliphatic hydroxyl groups excluding tert-OH is 1. The van der Waals surface area contributed by atoms with Gasteiger partial charge in [0.2, 0.25) is 0 Å². The number of terminal acetylenes is 1. The molecule has 0 radical (unpaired) electrons. The lowest BCUT2D eigenvalue weighted by molar-refractivity contribution is 0.0438. The molecular weight excluding hydrogens is 518 g/mol. The van der Waals surface area contributed by atoms with Crippen LogP contribution in [0.2, 0.25) is 0 Å². The van der Waals surface area contributed by atoms with Crippen LogP contribution in [0.25, 0.3) is 0 Å². The molecule has 158 valence electrons. The van der Waals surface area contributed by atoms with Crippen molar-refractivity contribution in [2.45, 2.75) is 0 Å². The van der Waals surface area contributed by atoms with E-state index in [1.54, 1.807) is 0 Å². The molecule has 0 aliphatic rings. The third kappa shape index (κ3) is 6.09. The molecular formula is C19H15F3IN3O4. The fraction of sp³-hybridized carbons (Fsp3) is 0.158. The van der Waals surface area contributed by atoms with E-state index in [4.69, 9.17) is 16.4 Å². The number of hydroxylamine groups is 1. The number of rotatable bonds is 9. The molecule has 7 nitrogen and oxygen atoms in total. The van der Waals surface area contributed by atoms with Gasteiger partial charge >= 0.3 is 0 Å². The lowest BCUT2D eigenvalue weighted by atomic mass is 10.1. The Morgan fingerprint density at radius 3 is 2.73 bits per heavy atom. The van der Waals surface area contributed by atoms with Gasteiger partial charge in [0.15, 0.2) is 11.6 Å². The minimum absolute atomic E-state index is 0.167. The monoisotopic (exact) mass is 533 g/mol. The predicted octanol–water partition coefficient (Wildman–Crippen LogP) is 3.09. The zero-order chi connectivity index (χ0) is 22.1. The second-order valence-corrected chi connectivity index (χ2v) is 6.73. The van der Waals surface area contributed by atoms with Crippen LogP contribution in [0.5, 0.6) is 0 Å². The summed E-state index contributed by atoms with van der Waals surface area (Å²) < 4.78 is 44.0. The molecule has 30 heavy (non-hydrogen) atoms. The van der Waals surface area contributed by atoms with Gasteiger partial charge in [-0.3, -0.25) is 9.63 Å². The highest BCUT2D eigenvalue weighted by atomic mass is 127. The van der Waals surface area contributed by atoms with Crippen LogP contribution in [0.3, 0.4) is 0 Å². The fourth-order valence-electron chi connectivity index (χ4n) is 2.15. The number of halogens is 4. The van der Waals surface area contributed by atoms with Crippen LogP contribution in [-0.4, -0.2) is 37.0 Å². The molecule has 0 atom stereocenters. The van der Waals surface area contributed by atoms with Crippen molar-refractivity contribution >= 4 is 46.1 Å². The van der Waals surface area contributed by atoms with Gasteiger partial charge in [-0.25, -0.2) is 18.7 Å². The van der Waals surface area contributed by atoms with Crippen molar-refractivity contribution in [3.05, 3.63) is 56.4 Å². The fourth-order valence-corrected chi connectivity index (χ4v) is 2.61. The molecule has 1 amide bonds. The van der Waals surface area contributed by atoms with Gasteiger partial charge in [-0.05, 0) is 46.9 Å². The average molecular weight is 533 g/mol. The van der Waals surface area contributed by atoms with Crippen molar-refractivity contribution in [3.63, 3.8) is 0 Å². The highest BCUT2D eigenvalue weighted by Gasteiger charge is 2.23. The van der Waals surface area contributed by atoms with Crippen LogP contribution in [0, 0.1) is 33.4 Å². The van der Waals surface area contributed by atoms with Crippen molar-refractivity contribution in [2.75, 3.05) is 25.1 Å². The molecule has 11 heteroatoms. The van der Waals surface area contributed by atoms with E-state index in [0.717, 1.165) is 12.3 Å². The van der Waals surface area contributed by atoms with Gasteiger partial charge in [0, 0.05) is 9.13 Å². The molecule has 0 aliphatic carbocycles. The summed E-state index contributed by atoms with van der Waals surface area (Å²) in [5.74, 6) is -2.40. The van der Waals surface area contributed by atoms with Crippen LogP contribution in [-0.2, 0) is 9.68 Å². The molecule has 2 rings (SSSR count). The lowest BCUT2D eigenvalue weighted by Gasteiger charge is -2.15. The number of hydrogen-bond acceptors (Lipinski definition) is 6. The van der Waals surface area contributed by atoms with Crippen LogP contribution in [0.1, 0.15) is 15.9 Å². The van der Waals surface area contributed by atoms with E-state index in [-0.39, 0.29) is 25.5 Å². The van der Waals surface area contributed by atoms with Crippen LogP contribution < -0.4 is 10.8 Å². The molecule has 0 unspecified atom stereocenters. The number of nitrogens with zero attached hydrogens (tertiary/aromatic N) is 1. The largest absolute Gasteiger partial charge is 0.393 e. The summed E-state index contributed by atoms with van der Waals surface area (Å²) in [5, 5.41) is 14.4. The predicted molar refractivity (Wildman–Crippen MR) is 112 cm³/mol. The second kappa shape index (κ2) is 11.4. The standard InChI is InChI=1S/C19H15F3IN3O4/c1-2-6-30-26-19(28)13-8-11(10-24-29-7-5-27)16(21)17(22)18(13)25-15-4-3-12(23)9-14(15)20/h1,3-4,8-10,25,27H,5-7H2,(H,26,28)/b24-10+. The smallest absolute Gasteiger partial charge is 0.277 e. The molecule has 0 aromatic heterocycles. The first-order chi connectivity index (χ1) is 14.4. The summed E-state index contributed by atoms with van der Waals surface area (Å²) in [5.41, 5.74) is 0.344. The maximum atomic E-state index is 14.8. The third-order valence-corrected chi connectivity index (χ3v) is 4.11. The highest BCUT2D eigenvalue weighted by Crippen LogP contribution is 2.30. The Balaban J connectivity index is 2.49. The van der Waals surface area contributed by atoms with E-state index in [1.807, 2.05) is 28.1 Å². The van der Waals surface area contributed by atoms with Gasteiger partial charge in [-0.1, -0.05) is 11.1 Å². The topological polar surface area (TPSA) is 92.2 Å². The van der Waals surface area contributed by atoms with E-state index in [1.165, 1.54) is 18.2 Å². The van der Waals surface area contributed by atoms with E-state index in [0.29, 0.717) is 3.57 Å². The van der Waals surface area contributed by atoms with Gasteiger partial charge in [-0.2, -0.15) is 0 Å². The maximum Gasteiger partial charge on any atom is 0.277 e. The molecule has 0 bridgehead atoms. The summed E-state index contributed by atoms with van der Waals surface area (Å²) >= 11 is 1.88. The Hall–Kier alpha value is -2.82. The summed E-state index contributed by atoms with van der Waals surface area (Å²) in [6, 6.07) is 4.98. The van der Waals surface area contributed by atoms with Crippen molar-refractivity contribution in [1.82, 2.24) is 5.48 Å². The van der Waals surface area contributed by atoms with Crippen molar-refractivity contribution in [3.8, 4) is 12.3 Å². The maximum absolute atomic E-state index is 14.8. The Morgan fingerprint density at radius 1 is 1.30 bits per heavy atom. The quantitative estimate of drug-likeness (QED) is 0.152. The number of hydrogen-bond donors (Lipinski definition) is 3. The minimum atomic E-state index is -1.46. The summed E-state index contributed by atoms with van der Waals surface area (Å²) in [7, 11) is 0. The van der Waals surface area contributed by atoms with Crippen LogP contribution in [0.4, 0.5) is 24.5 Å². The number of aliphatic hydroxyl groups is 1. The molecule has 2 aromatic rings. The van der Waals surface area contributed by atoms with Crippen molar-refractivity contribution < 1.29 is 32.7 Å². The molecule has 0 spiro atoms. The normalized spacial score (nSPS) is 10.7. The lowest BCUT2D eigenvalue weighted by Crippen LogP contribution is -2.25. The highest BCUT2D eigenvalue weighted by molar-refractivity contribution is 14.1. The molecule has 3 N–H and O–H groups in total. The third-order valence-electron chi connectivity index (χ3n) is 3.44. The Kier molecular flexibility index (Phi) is 8.90. The first-order valence-corrected chi connectivity index (χ1v) is 9.32. The molecule has 0 fully saturated rings. The van der Waals surface area contributed by atoms with E-state index >= 15 is 0 Å². The summed E-state index contributed by atoms with van der Waals surface area (Å²) in [6.45, 7) is -0.772. The van der Waals surface area contributed by atoms with Crippen molar-refractivity contribution in [2.24, 2.45) is 5.16 Å². The van der Waals surface area contributed by atoms with Crippen LogP contribution in [0.15, 0.2) is 29.4 Å². The Bertz CT molecular complexity index is 996. The first kappa shape index (κ1) is 23.5. The SMILES string of the molecule is C#CCONC(=O)c1cc(/C=N/OCCO)c(F)c(F)c1Nc1ccc(I)cc1F. The second-order valence-electron chi connectivity index (χ2n) is 5.48. The van der Waals surface area contributed by atoms with Crippen LogP contribution >= 0.6 is 22.6 Å². The van der Waals surface area contributed by atoms with Gasteiger partial charge in [0.25, 0.3) is 5.91 Å². The van der Waals surface area contributed by atoms with Crippen molar-refractivity contribution in [1.29, 1.82) is 0 Å². The van der Waals surface area contributed by atoms with E-state index in [2.05, 4.69) is 21.2 Å². The minimum Gasteiger partial charge on any atom is -0.393 e. The number of benzene rings is 2. The molecule has 0 saturated carbocycles. The molecule has 0 heterocycles. The zero-order valence-corrected chi connectivity index (χ0v) is 17.4. The van der Waals surface area contributed by atoms with Gasteiger partial charge < -0.3 is 15.3 Å². The van der Waals surface area contributed by atoms with Gasteiger partial charge in [-0.15, -0.1) is 6.42 Å². The zero-order valence-electron chi connectivity index (χ0n) is 15.2. The van der Waals surface area contributed by atoms with E-state index < -0.39 is 40.2 Å². The molecule has 0 aliphatic heterocycles. The summed E-state index contributed by atoms with van der Waals surface area (Å²) in [4.78, 5) is 21.8. The number of nitrogens with one attached hydrogen (secondary N) is 2. The van der Waals surface area contributed by atoms with Gasteiger partial charge in [0.1, 0.15) is 19.0 Å². The number of carbonyl (C=O) groups is 1. The molecule has 2 aromatic carbocycles. The first-order valence-electron chi connectivity index (χ1n) is 8.24. The number of anilines is 2. The number of oxime groups is 1. The Labute approximate surface area is 183 Å². The number of carbonyl (C=O) groups excluding carboxylic acids is 1. The summed E-state index contributed by atoms with van der Waals surface area (Å²) in [6.07, 6.45) is 5.84. The van der Waals surface area contributed by atoms with Gasteiger partial charge in [0.05, 0.1) is 29.8 Å². The number of amides is 1. The van der Waals surface area contributed by atoms with E-state index in [9.17, 15) is 18.0 Å². The Morgan fingerprint density at radius 2 is 2.07 bits per heavy atom. The average Bonchev–Trinajstić information content (AvgIpc) is 2.72.